The van der Waals surface area contributed by atoms with Gasteiger partial charge in [-0.2, -0.15) is 0 Å². The molecule has 1 aromatic carbocycles. The number of hydrogen-bond acceptors (Lipinski definition) is 3. The van der Waals surface area contributed by atoms with E-state index in [1.54, 1.807) is 0 Å². The summed E-state index contributed by atoms with van der Waals surface area (Å²) in [5.74, 6) is -2.15. The van der Waals surface area contributed by atoms with E-state index in [1.165, 1.54) is 30.5 Å². The Hall–Kier alpha value is -2.01. The van der Waals surface area contributed by atoms with Crippen LogP contribution in [0.5, 0.6) is 5.75 Å². The van der Waals surface area contributed by atoms with Crippen molar-refractivity contribution in [2.24, 2.45) is 0 Å². The Kier molecular flexibility index (Phi) is 3.53. The molecule has 18 heavy (non-hydrogen) atoms. The van der Waals surface area contributed by atoms with Crippen molar-refractivity contribution in [2.45, 2.75) is 6.61 Å². The average Bonchev–Trinajstić information content (AvgIpc) is 2.79. The van der Waals surface area contributed by atoms with Crippen LogP contribution >= 0.6 is 11.6 Å². The molecule has 0 bridgehead atoms. The van der Waals surface area contributed by atoms with Crippen LogP contribution in [0.3, 0.4) is 0 Å². The molecule has 0 spiro atoms. The first kappa shape index (κ1) is 12.4. The zero-order valence-corrected chi connectivity index (χ0v) is 9.78. The van der Waals surface area contributed by atoms with Gasteiger partial charge in [0.05, 0.1) is 11.3 Å². The smallest absolute Gasteiger partial charge is 0.372 e. The molecule has 0 atom stereocenters. The van der Waals surface area contributed by atoms with Crippen molar-refractivity contribution in [3.63, 3.8) is 0 Å². The molecule has 0 saturated carbocycles. The summed E-state index contributed by atoms with van der Waals surface area (Å²) in [5.41, 5.74) is 0.321. The molecular weight excluding hydrogens is 263 g/mol. The van der Waals surface area contributed by atoms with Gasteiger partial charge in [-0.15, -0.1) is 0 Å². The Bertz CT molecular complexity index is 579. The van der Waals surface area contributed by atoms with Crippen LogP contribution in [0, 0.1) is 5.82 Å². The van der Waals surface area contributed by atoms with E-state index in [2.05, 4.69) is 0 Å². The molecule has 6 heteroatoms. The zero-order chi connectivity index (χ0) is 13.1. The number of ether oxygens (including phenoxy) is 1. The van der Waals surface area contributed by atoms with Crippen LogP contribution in [0.25, 0.3) is 0 Å². The van der Waals surface area contributed by atoms with Crippen molar-refractivity contribution < 1.29 is 23.4 Å². The van der Waals surface area contributed by atoms with E-state index in [1.807, 2.05) is 0 Å². The second-order valence-electron chi connectivity index (χ2n) is 3.42. The molecule has 0 aliphatic heterocycles. The van der Waals surface area contributed by atoms with E-state index in [9.17, 15) is 9.18 Å². The van der Waals surface area contributed by atoms with Gasteiger partial charge in [0.15, 0.2) is 11.6 Å². The Morgan fingerprint density at radius 1 is 1.44 bits per heavy atom. The first-order valence-corrected chi connectivity index (χ1v) is 5.34. The van der Waals surface area contributed by atoms with Crippen molar-refractivity contribution >= 4 is 17.6 Å². The van der Waals surface area contributed by atoms with E-state index in [0.717, 1.165) is 0 Å². The van der Waals surface area contributed by atoms with Crippen LogP contribution in [0.2, 0.25) is 5.02 Å². The van der Waals surface area contributed by atoms with Crippen LogP contribution in [0.15, 0.2) is 34.9 Å². The maximum absolute atomic E-state index is 13.5. The third-order valence-electron chi connectivity index (χ3n) is 2.24. The number of hydrogen-bond donors (Lipinski definition) is 1. The van der Waals surface area contributed by atoms with E-state index < -0.39 is 11.8 Å². The Morgan fingerprint density at radius 3 is 2.94 bits per heavy atom. The van der Waals surface area contributed by atoms with E-state index in [0.29, 0.717) is 5.56 Å². The highest BCUT2D eigenvalue weighted by atomic mass is 35.5. The minimum Gasteiger partial charge on any atom is -0.486 e. The standard InChI is InChI=1S/C12H8ClFO4/c13-8-2-1-3-9(10(8)14)18-6-7-4-5-17-11(7)12(15)16/h1-5H,6H2,(H,15,16). The topological polar surface area (TPSA) is 59.7 Å². The summed E-state index contributed by atoms with van der Waals surface area (Å²) >= 11 is 5.59. The molecule has 1 heterocycles. The van der Waals surface area contributed by atoms with Gasteiger partial charge in [0.1, 0.15) is 6.61 Å². The summed E-state index contributed by atoms with van der Waals surface area (Å²) < 4.78 is 23.4. The summed E-state index contributed by atoms with van der Waals surface area (Å²) in [6, 6.07) is 5.78. The predicted octanol–water partition coefficient (Wildman–Crippen LogP) is 3.35. The fourth-order valence-corrected chi connectivity index (χ4v) is 1.55. The minimum atomic E-state index is -1.20. The number of furan rings is 1. The Balaban J connectivity index is 2.14. The molecule has 1 N–H and O–H groups in total. The van der Waals surface area contributed by atoms with Gasteiger partial charge in [0.2, 0.25) is 5.76 Å². The lowest BCUT2D eigenvalue weighted by Crippen LogP contribution is -2.03. The van der Waals surface area contributed by atoms with Gasteiger partial charge in [-0.25, -0.2) is 9.18 Å². The summed E-state index contributed by atoms with van der Waals surface area (Å²) in [6.45, 7) is -0.116. The first-order valence-electron chi connectivity index (χ1n) is 4.96. The normalized spacial score (nSPS) is 10.3. The summed E-state index contributed by atoms with van der Waals surface area (Å²) in [5, 5.41) is 8.75. The molecule has 4 nitrogen and oxygen atoms in total. The number of benzene rings is 1. The van der Waals surface area contributed by atoms with Crippen molar-refractivity contribution in [3.05, 3.63) is 52.7 Å². The monoisotopic (exact) mass is 270 g/mol. The second-order valence-corrected chi connectivity index (χ2v) is 3.83. The molecule has 0 amide bonds. The van der Waals surface area contributed by atoms with Crippen LogP contribution in [-0.4, -0.2) is 11.1 Å². The predicted molar refractivity (Wildman–Crippen MR) is 61.4 cm³/mol. The zero-order valence-electron chi connectivity index (χ0n) is 9.02. The van der Waals surface area contributed by atoms with E-state index in [4.69, 9.17) is 25.9 Å². The van der Waals surface area contributed by atoms with Crippen molar-refractivity contribution in [1.82, 2.24) is 0 Å². The molecule has 1 aromatic heterocycles. The summed E-state index contributed by atoms with van der Waals surface area (Å²) in [6.07, 6.45) is 1.23. The molecule has 0 saturated heterocycles. The van der Waals surface area contributed by atoms with Gasteiger partial charge in [-0.05, 0) is 18.2 Å². The first-order chi connectivity index (χ1) is 8.59. The number of carbonyl (C=O) groups is 1. The minimum absolute atomic E-state index is 0.0416. The molecule has 0 radical (unpaired) electrons. The molecule has 0 aliphatic rings. The van der Waals surface area contributed by atoms with Gasteiger partial charge in [-0.1, -0.05) is 17.7 Å². The lowest BCUT2D eigenvalue weighted by Gasteiger charge is -2.07. The lowest BCUT2D eigenvalue weighted by molar-refractivity contribution is 0.0658. The lowest BCUT2D eigenvalue weighted by atomic mass is 10.2. The quantitative estimate of drug-likeness (QED) is 0.925. The maximum atomic E-state index is 13.5. The van der Waals surface area contributed by atoms with Gasteiger partial charge in [0, 0.05) is 5.56 Å². The average molecular weight is 271 g/mol. The third kappa shape index (κ3) is 2.46. The van der Waals surface area contributed by atoms with Crippen molar-refractivity contribution in [3.8, 4) is 5.75 Å². The summed E-state index contributed by atoms with van der Waals surface area (Å²) in [7, 11) is 0. The van der Waals surface area contributed by atoms with Gasteiger partial charge >= 0.3 is 5.97 Å². The van der Waals surface area contributed by atoms with E-state index in [-0.39, 0.29) is 23.1 Å². The molecule has 0 aliphatic carbocycles. The Labute approximate surface area is 107 Å². The van der Waals surface area contributed by atoms with E-state index >= 15 is 0 Å². The fraction of sp³-hybridized carbons (Fsp3) is 0.0833. The van der Waals surface area contributed by atoms with Crippen LogP contribution in [-0.2, 0) is 6.61 Å². The molecule has 0 fully saturated rings. The summed E-state index contributed by atoms with van der Waals surface area (Å²) in [4.78, 5) is 10.8. The molecule has 2 aromatic rings. The maximum Gasteiger partial charge on any atom is 0.372 e. The second kappa shape index (κ2) is 5.10. The highest BCUT2D eigenvalue weighted by Gasteiger charge is 2.15. The third-order valence-corrected chi connectivity index (χ3v) is 2.53. The number of rotatable bonds is 4. The number of halogens is 2. The van der Waals surface area contributed by atoms with Gasteiger partial charge in [-0.3, -0.25) is 0 Å². The van der Waals surface area contributed by atoms with Crippen LogP contribution in [0.4, 0.5) is 4.39 Å². The SMILES string of the molecule is O=C(O)c1occc1COc1cccc(Cl)c1F. The number of carboxylic acid groups (broad SMARTS) is 1. The molecular formula is C12H8ClFO4. The van der Waals surface area contributed by atoms with Gasteiger partial charge < -0.3 is 14.3 Å². The molecule has 2 rings (SSSR count). The van der Waals surface area contributed by atoms with Crippen molar-refractivity contribution in [2.75, 3.05) is 0 Å². The Morgan fingerprint density at radius 2 is 2.22 bits per heavy atom. The molecule has 94 valence electrons. The van der Waals surface area contributed by atoms with Crippen LogP contribution in [0.1, 0.15) is 16.1 Å². The van der Waals surface area contributed by atoms with Gasteiger partial charge in [0.25, 0.3) is 0 Å². The van der Waals surface area contributed by atoms with Crippen molar-refractivity contribution in [1.29, 1.82) is 0 Å². The highest BCUT2D eigenvalue weighted by Crippen LogP contribution is 2.25. The largest absolute Gasteiger partial charge is 0.486 e. The highest BCUT2D eigenvalue weighted by molar-refractivity contribution is 6.30. The number of aromatic carboxylic acids is 1. The number of carboxylic acids is 1. The van der Waals surface area contributed by atoms with Crippen LogP contribution < -0.4 is 4.74 Å². The molecule has 0 unspecified atom stereocenters. The fourth-order valence-electron chi connectivity index (χ4n) is 1.39.